The summed E-state index contributed by atoms with van der Waals surface area (Å²) in [5.41, 5.74) is 1.06. The van der Waals surface area contributed by atoms with E-state index in [0.29, 0.717) is 4.57 Å². The molecule has 1 aliphatic heterocycles. The molecule has 11 heteroatoms. The van der Waals surface area contributed by atoms with Crippen molar-refractivity contribution < 1.29 is 30.0 Å². The van der Waals surface area contributed by atoms with Gasteiger partial charge in [-0.15, -0.1) is 0 Å². The third kappa shape index (κ3) is 2.80. The Kier molecular flexibility index (Phi) is 4.41. The Morgan fingerprint density at radius 2 is 2.04 bits per heavy atom. The van der Waals surface area contributed by atoms with Crippen LogP contribution in [0, 0.1) is 0 Å². The quantitative estimate of drug-likeness (QED) is 0.324. The fourth-order valence-corrected chi connectivity index (χ4v) is 2.27. The first-order valence-corrected chi connectivity index (χ1v) is 6.62. The van der Waals surface area contributed by atoms with Gasteiger partial charge in [-0.1, -0.05) is 0 Å². The van der Waals surface area contributed by atoms with Gasteiger partial charge in [-0.3, -0.25) is 14.3 Å². The normalized spacial score (nSPS) is 30.1. The van der Waals surface area contributed by atoms with Crippen molar-refractivity contribution >= 4 is 5.97 Å². The predicted octanol–water partition coefficient (Wildman–Crippen LogP) is -3.59. The van der Waals surface area contributed by atoms with Crippen molar-refractivity contribution in [2.75, 3.05) is 6.61 Å². The molecule has 2 rings (SSSR count). The topological polar surface area (TPSA) is 188 Å². The molecule has 2 heterocycles. The van der Waals surface area contributed by atoms with Crippen LogP contribution in [0.1, 0.15) is 18.7 Å². The van der Waals surface area contributed by atoms with E-state index in [1.807, 2.05) is 4.98 Å². The molecule has 1 unspecified atom stereocenters. The lowest BCUT2D eigenvalue weighted by Gasteiger charge is -2.22. The first-order valence-electron chi connectivity index (χ1n) is 6.62. The highest BCUT2D eigenvalue weighted by Gasteiger charge is 2.44. The molecular formula is C12H17N3O8. The lowest BCUT2D eigenvalue weighted by molar-refractivity contribution is -0.143. The van der Waals surface area contributed by atoms with E-state index < -0.39 is 59.5 Å². The number of nitrogens with one attached hydrogen (secondary N) is 1. The van der Waals surface area contributed by atoms with E-state index >= 15 is 0 Å². The second-order valence-corrected chi connectivity index (χ2v) is 5.45. The summed E-state index contributed by atoms with van der Waals surface area (Å²) in [6.45, 7) is 0.454. The summed E-state index contributed by atoms with van der Waals surface area (Å²) in [7, 11) is 0. The van der Waals surface area contributed by atoms with Gasteiger partial charge >= 0.3 is 11.7 Å². The SMILES string of the molecule is CC(N)(C(=O)O)c1cn([C@@H]2O[C@H](CO)[C@@H](O)[C@H]2O)c(=O)[nH]c1=O. The predicted molar refractivity (Wildman–Crippen MR) is 73.5 cm³/mol. The van der Waals surface area contributed by atoms with Gasteiger partial charge in [0, 0.05) is 6.20 Å². The minimum Gasteiger partial charge on any atom is -0.480 e. The number of hydrogen-bond acceptors (Lipinski definition) is 8. The van der Waals surface area contributed by atoms with Crippen molar-refractivity contribution in [1.82, 2.24) is 9.55 Å². The van der Waals surface area contributed by atoms with Crippen LogP contribution in [0.25, 0.3) is 0 Å². The highest BCUT2D eigenvalue weighted by atomic mass is 16.6. The maximum atomic E-state index is 11.9. The molecule has 7 N–H and O–H groups in total. The summed E-state index contributed by atoms with van der Waals surface area (Å²) in [6, 6.07) is 0. The number of ether oxygens (including phenoxy) is 1. The number of hydrogen-bond donors (Lipinski definition) is 6. The second kappa shape index (κ2) is 5.86. The molecule has 0 saturated carbocycles. The van der Waals surface area contributed by atoms with Gasteiger partial charge in [0.05, 0.1) is 12.2 Å². The summed E-state index contributed by atoms with van der Waals surface area (Å²) in [4.78, 5) is 36.8. The van der Waals surface area contributed by atoms with Crippen LogP contribution in [0.5, 0.6) is 0 Å². The van der Waals surface area contributed by atoms with Crippen LogP contribution in [0.4, 0.5) is 0 Å². The number of aliphatic hydroxyl groups is 3. The molecule has 0 aliphatic carbocycles. The lowest BCUT2D eigenvalue weighted by atomic mass is 9.96. The summed E-state index contributed by atoms with van der Waals surface area (Å²) in [6.07, 6.45) is -4.74. The smallest absolute Gasteiger partial charge is 0.330 e. The van der Waals surface area contributed by atoms with Crippen LogP contribution >= 0.6 is 0 Å². The van der Waals surface area contributed by atoms with Gasteiger partial charge in [0.1, 0.15) is 23.9 Å². The third-order valence-corrected chi connectivity index (χ3v) is 3.76. The number of aliphatic carboxylic acids is 1. The van der Waals surface area contributed by atoms with Crippen LogP contribution < -0.4 is 17.0 Å². The van der Waals surface area contributed by atoms with Crippen LogP contribution in [0.15, 0.2) is 15.8 Å². The van der Waals surface area contributed by atoms with E-state index in [1.54, 1.807) is 0 Å². The number of carboxylic acid groups (broad SMARTS) is 1. The number of carbonyl (C=O) groups is 1. The van der Waals surface area contributed by atoms with Gasteiger partial charge in [0.2, 0.25) is 0 Å². The Labute approximate surface area is 128 Å². The van der Waals surface area contributed by atoms with Crippen molar-refractivity contribution in [2.24, 2.45) is 5.73 Å². The molecule has 0 radical (unpaired) electrons. The van der Waals surface area contributed by atoms with Crippen molar-refractivity contribution in [3.8, 4) is 0 Å². The van der Waals surface area contributed by atoms with E-state index in [9.17, 15) is 24.6 Å². The number of aromatic nitrogens is 2. The first kappa shape index (κ1) is 17.3. The van der Waals surface area contributed by atoms with E-state index in [0.717, 1.165) is 13.1 Å². The minimum absolute atomic E-state index is 0.442. The molecule has 23 heavy (non-hydrogen) atoms. The molecule has 11 nitrogen and oxygen atoms in total. The molecule has 1 fully saturated rings. The summed E-state index contributed by atoms with van der Waals surface area (Å²) < 4.78 is 5.89. The minimum atomic E-state index is -2.10. The fraction of sp³-hybridized carbons (Fsp3) is 0.583. The molecule has 5 atom stereocenters. The molecule has 0 spiro atoms. The van der Waals surface area contributed by atoms with E-state index in [-0.39, 0.29) is 0 Å². The van der Waals surface area contributed by atoms with Crippen molar-refractivity contribution in [1.29, 1.82) is 0 Å². The van der Waals surface area contributed by atoms with E-state index in [1.165, 1.54) is 0 Å². The molecular weight excluding hydrogens is 314 g/mol. The summed E-state index contributed by atoms with van der Waals surface area (Å²) in [5, 5.41) is 37.8. The Hall–Kier alpha value is -2.05. The van der Waals surface area contributed by atoms with Crippen LogP contribution in [-0.4, -0.2) is 60.9 Å². The lowest BCUT2D eigenvalue weighted by Crippen LogP contribution is -2.49. The number of nitrogens with two attached hydrogens (primary N) is 1. The van der Waals surface area contributed by atoms with Gasteiger partial charge in [-0.25, -0.2) is 9.59 Å². The van der Waals surface area contributed by atoms with Crippen molar-refractivity contribution in [2.45, 2.75) is 37.0 Å². The van der Waals surface area contributed by atoms with Crippen molar-refractivity contribution in [3.63, 3.8) is 0 Å². The molecule has 0 bridgehead atoms. The Morgan fingerprint density at radius 3 is 2.52 bits per heavy atom. The van der Waals surface area contributed by atoms with E-state index in [2.05, 4.69) is 0 Å². The average molecular weight is 331 g/mol. The Morgan fingerprint density at radius 1 is 1.43 bits per heavy atom. The molecule has 1 aromatic rings. The summed E-state index contributed by atoms with van der Waals surface area (Å²) in [5.74, 6) is -1.51. The average Bonchev–Trinajstić information content (AvgIpc) is 2.74. The highest BCUT2D eigenvalue weighted by molar-refractivity contribution is 5.79. The van der Waals surface area contributed by atoms with Crippen LogP contribution in [-0.2, 0) is 15.1 Å². The number of nitrogens with zero attached hydrogens (tertiary/aromatic N) is 1. The van der Waals surface area contributed by atoms with E-state index in [4.69, 9.17) is 20.7 Å². The second-order valence-electron chi connectivity index (χ2n) is 5.45. The number of H-pyrrole nitrogens is 1. The highest BCUT2D eigenvalue weighted by Crippen LogP contribution is 2.28. The number of aliphatic hydroxyl groups excluding tert-OH is 3. The molecule has 1 aliphatic rings. The Balaban J connectivity index is 2.55. The zero-order valence-corrected chi connectivity index (χ0v) is 12.0. The number of aromatic amines is 1. The van der Waals surface area contributed by atoms with Gasteiger partial charge in [0.25, 0.3) is 5.56 Å². The van der Waals surface area contributed by atoms with Gasteiger partial charge in [0.15, 0.2) is 6.23 Å². The molecule has 0 amide bonds. The molecule has 0 aromatic carbocycles. The van der Waals surface area contributed by atoms with Crippen LogP contribution in [0.3, 0.4) is 0 Å². The number of carboxylic acids is 1. The van der Waals surface area contributed by atoms with Crippen molar-refractivity contribution in [3.05, 3.63) is 32.6 Å². The largest absolute Gasteiger partial charge is 0.480 e. The zero-order chi connectivity index (χ0) is 17.5. The zero-order valence-electron chi connectivity index (χ0n) is 12.0. The van der Waals surface area contributed by atoms with Gasteiger partial charge < -0.3 is 30.9 Å². The van der Waals surface area contributed by atoms with Gasteiger partial charge in [-0.2, -0.15) is 0 Å². The van der Waals surface area contributed by atoms with Crippen LogP contribution in [0.2, 0.25) is 0 Å². The Bertz CT molecular complexity index is 724. The first-order chi connectivity index (χ1) is 10.6. The maximum Gasteiger partial charge on any atom is 0.330 e. The monoisotopic (exact) mass is 331 g/mol. The third-order valence-electron chi connectivity index (χ3n) is 3.76. The maximum absolute atomic E-state index is 11.9. The van der Waals surface area contributed by atoms with Gasteiger partial charge in [-0.05, 0) is 6.92 Å². The molecule has 1 aromatic heterocycles. The molecule has 128 valence electrons. The summed E-state index contributed by atoms with van der Waals surface area (Å²) >= 11 is 0. The number of rotatable bonds is 4. The standard InChI is InChI=1S/C12H17N3O8/c1-12(13,10(20)21)4-2-15(11(22)14-8(4)19)9-7(18)6(17)5(3-16)23-9/h2,5-7,9,16-18H,3,13H2,1H3,(H,20,21)(H,14,19,22)/t5-,6-,7-,9-,12?/m1/s1. The fourth-order valence-electron chi connectivity index (χ4n) is 2.27. The molecule has 1 saturated heterocycles.